The molecule has 2 rings (SSSR count). The Bertz CT molecular complexity index is 267. The predicted molar refractivity (Wildman–Crippen MR) is 52.4 cm³/mol. The number of fused-ring (bicyclic) bond motifs is 1. The van der Waals surface area contributed by atoms with E-state index in [2.05, 4.69) is 49.3 Å². The van der Waals surface area contributed by atoms with Crippen LogP contribution in [0.4, 0.5) is 0 Å². The second-order valence-electron chi connectivity index (χ2n) is 2.59. The first-order chi connectivity index (χ1) is 5.29. The Morgan fingerprint density at radius 3 is 1.91 bits per heavy atom. The molecular weight excluding hydrogens is 270 g/mol. The Kier molecular flexibility index (Phi) is 2.04. The molecule has 0 saturated carbocycles. The summed E-state index contributed by atoms with van der Waals surface area (Å²) in [4.78, 5) is 0. The molecule has 0 amide bonds. The van der Waals surface area contributed by atoms with E-state index in [-0.39, 0.29) is 0 Å². The van der Waals surface area contributed by atoms with Gasteiger partial charge in [0.15, 0.2) is 0 Å². The monoisotopic (exact) mass is 275 g/mol. The zero-order valence-electron chi connectivity index (χ0n) is 5.82. The van der Waals surface area contributed by atoms with E-state index in [1.807, 2.05) is 0 Å². The quantitative estimate of drug-likeness (QED) is 0.768. The van der Waals surface area contributed by atoms with Crippen LogP contribution in [0, 0.1) is 0 Å². The van der Waals surface area contributed by atoms with Gasteiger partial charge in [-0.15, -0.1) is 0 Å². The smallest absolute Gasteiger partial charge is 0.0224 e. The van der Waals surface area contributed by atoms with Gasteiger partial charge < -0.3 is 5.32 Å². The van der Waals surface area contributed by atoms with Crippen molar-refractivity contribution >= 4 is 31.9 Å². The fourth-order valence-corrected chi connectivity index (χ4v) is 2.35. The number of benzene rings is 1. The molecule has 1 aromatic carbocycles. The summed E-state index contributed by atoms with van der Waals surface area (Å²) in [7, 11) is 0. The van der Waals surface area contributed by atoms with E-state index in [1.54, 1.807) is 0 Å². The maximum atomic E-state index is 3.52. The summed E-state index contributed by atoms with van der Waals surface area (Å²) < 4.78 is 2.42. The van der Waals surface area contributed by atoms with Crippen molar-refractivity contribution < 1.29 is 0 Å². The SMILES string of the molecule is Brc1ccc(Br)c2c1CNC2. The molecule has 3 heteroatoms. The van der Waals surface area contributed by atoms with Crippen LogP contribution in [-0.2, 0) is 13.1 Å². The van der Waals surface area contributed by atoms with E-state index in [0.717, 1.165) is 13.1 Å². The highest BCUT2D eigenvalue weighted by atomic mass is 79.9. The van der Waals surface area contributed by atoms with Crippen molar-refractivity contribution in [3.8, 4) is 0 Å². The molecule has 58 valence electrons. The number of nitrogens with one attached hydrogen (secondary N) is 1. The normalized spacial score (nSPS) is 15.1. The molecule has 11 heavy (non-hydrogen) atoms. The maximum absolute atomic E-state index is 3.52. The number of hydrogen-bond donors (Lipinski definition) is 1. The third kappa shape index (κ3) is 1.25. The Hall–Kier alpha value is 0.140. The number of halogens is 2. The van der Waals surface area contributed by atoms with Crippen molar-refractivity contribution in [2.45, 2.75) is 13.1 Å². The van der Waals surface area contributed by atoms with Crippen LogP contribution in [0.5, 0.6) is 0 Å². The van der Waals surface area contributed by atoms with Crippen LogP contribution >= 0.6 is 31.9 Å². The molecule has 0 aromatic heterocycles. The molecule has 1 aliphatic rings. The van der Waals surface area contributed by atoms with Gasteiger partial charge in [0.1, 0.15) is 0 Å². The highest BCUT2D eigenvalue weighted by Crippen LogP contribution is 2.30. The van der Waals surface area contributed by atoms with Gasteiger partial charge in [-0.3, -0.25) is 0 Å². The van der Waals surface area contributed by atoms with E-state index >= 15 is 0 Å². The zero-order chi connectivity index (χ0) is 7.84. The summed E-state index contributed by atoms with van der Waals surface area (Å²) in [5.74, 6) is 0. The summed E-state index contributed by atoms with van der Waals surface area (Å²) in [6.07, 6.45) is 0. The molecule has 1 aliphatic heterocycles. The Morgan fingerprint density at radius 1 is 1.00 bits per heavy atom. The van der Waals surface area contributed by atoms with Gasteiger partial charge in [-0.05, 0) is 23.3 Å². The van der Waals surface area contributed by atoms with E-state index in [9.17, 15) is 0 Å². The molecule has 1 aromatic rings. The summed E-state index contributed by atoms with van der Waals surface area (Å²) in [5.41, 5.74) is 2.78. The lowest BCUT2D eigenvalue weighted by molar-refractivity contribution is 0.763. The molecular formula is C8H7Br2N. The van der Waals surface area contributed by atoms with Gasteiger partial charge >= 0.3 is 0 Å². The van der Waals surface area contributed by atoms with Crippen molar-refractivity contribution in [2.75, 3.05) is 0 Å². The van der Waals surface area contributed by atoms with Crippen molar-refractivity contribution in [3.63, 3.8) is 0 Å². The summed E-state index contributed by atoms with van der Waals surface area (Å²) >= 11 is 7.04. The lowest BCUT2D eigenvalue weighted by atomic mass is 10.1. The minimum Gasteiger partial charge on any atom is -0.309 e. The van der Waals surface area contributed by atoms with E-state index in [4.69, 9.17) is 0 Å². The lowest BCUT2D eigenvalue weighted by Gasteiger charge is -2.02. The van der Waals surface area contributed by atoms with Gasteiger partial charge in [0, 0.05) is 22.0 Å². The molecule has 0 aliphatic carbocycles. The summed E-state index contributed by atoms with van der Waals surface area (Å²) in [6.45, 7) is 1.96. The second kappa shape index (κ2) is 2.88. The van der Waals surface area contributed by atoms with Crippen LogP contribution in [0.3, 0.4) is 0 Å². The van der Waals surface area contributed by atoms with Crippen molar-refractivity contribution in [1.29, 1.82) is 0 Å². The van der Waals surface area contributed by atoms with Gasteiger partial charge in [-0.1, -0.05) is 31.9 Å². The van der Waals surface area contributed by atoms with Gasteiger partial charge in [-0.25, -0.2) is 0 Å². The Labute approximate surface area is 82.4 Å². The van der Waals surface area contributed by atoms with E-state index in [1.165, 1.54) is 20.1 Å². The topological polar surface area (TPSA) is 12.0 Å². The molecule has 0 bridgehead atoms. The van der Waals surface area contributed by atoms with Crippen molar-refractivity contribution in [3.05, 3.63) is 32.2 Å². The van der Waals surface area contributed by atoms with Crippen molar-refractivity contribution in [1.82, 2.24) is 5.32 Å². The lowest BCUT2D eigenvalue weighted by Crippen LogP contribution is -2.00. The minimum atomic E-state index is 0.982. The molecule has 1 heterocycles. The first-order valence-electron chi connectivity index (χ1n) is 3.45. The number of hydrogen-bond acceptors (Lipinski definition) is 1. The fraction of sp³-hybridized carbons (Fsp3) is 0.250. The molecule has 0 saturated heterocycles. The standard InChI is InChI=1S/C8H7Br2N/c9-7-1-2-8(10)6-4-11-3-5(6)7/h1-2,11H,3-4H2. The third-order valence-corrected chi connectivity index (χ3v) is 3.41. The fourth-order valence-electron chi connectivity index (χ4n) is 1.33. The third-order valence-electron chi connectivity index (χ3n) is 1.92. The molecule has 0 radical (unpaired) electrons. The van der Waals surface area contributed by atoms with Gasteiger partial charge in [0.2, 0.25) is 0 Å². The summed E-state index contributed by atoms with van der Waals surface area (Å²) in [6, 6.07) is 4.16. The van der Waals surface area contributed by atoms with Gasteiger partial charge in [-0.2, -0.15) is 0 Å². The molecule has 1 N–H and O–H groups in total. The van der Waals surface area contributed by atoms with E-state index in [0.29, 0.717) is 0 Å². The highest BCUT2D eigenvalue weighted by Gasteiger charge is 2.15. The van der Waals surface area contributed by atoms with Crippen LogP contribution in [0.1, 0.15) is 11.1 Å². The van der Waals surface area contributed by atoms with Gasteiger partial charge in [0.05, 0.1) is 0 Å². The van der Waals surface area contributed by atoms with Crippen LogP contribution in [0.2, 0.25) is 0 Å². The van der Waals surface area contributed by atoms with E-state index < -0.39 is 0 Å². The first kappa shape index (κ1) is 7.77. The van der Waals surface area contributed by atoms with Crippen molar-refractivity contribution in [2.24, 2.45) is 0 Å². The highest BCUT2D eigenvalue weighted by molar-refractivity contribution is 9.11. The molecule has 0 unspecified atom stereocenters. The Morgan fingerprint density at radius 2 is 1.45 bits per heavy atom. The average Bonchev–Trinajstić information content (AvgIpc) is 2.45. The summed E-state index contributed by atoms with van der Waals surface area (Å²) in [5, 5.41) is 3.31. The van der Waals surface area contributed by atoms with Crippen LogP contribution < -0.4 is 5.32 Å². The molecule has 0 fully saturated rings. The number of rotatable bonds is 0. The zero-order valence-corrected chi connectivity index (χ0v) is 9.00. The van der Waals surface area contributed by atoms with Crippen LogP contribution in [-0.4, -0.2) is 0 Å². The first-order valence-corrected chi connectivity index (χ1v) is 5.04. The second-order valence-corrected chi connectivity index (χ2v) is 4.30. The molecule has 1 nitrogen and oxygen atoms in total. The molecule has 0 spiro atoms. The Balaban J connectivity index is 2.64. The molecule has 0 atom stereocenters. The predicted octanol–water partition coefficient (Wildman–Crippen LogP) is 2.81. The van der Waals surface area contributed by atoms with Crippen LogP contribution in [0.25, 0.3) is 0 Å². The van der Waals surface area contributed by atoms with Gasteiger partial charge in [0.25, 0.3) is 0 Å². The maximum Gasteiger partial charge on any atom is 0.0224 e. The average molecular weight is 277 g/mol. The van der Waals surface area contributed by atoms with Crippen LogP contribution in [0.15, 0.2) is 21.1 Å². The largest absolute Gasteiger partial charge is 0.309 e. The minimum absolute atomic E-state index is 0.982.